The summed E-state index contributed by atoms with van der Waals surface area (Å²) in [6, 6.07) is 0.0827. The third-order valence-corrected chi connectivity index (χ3v) is 4.86. The zero-order chi connectivity index (χ0) is 16.8. The van der Waals surface area contributed by atoms with Crippen LogP contribution in [0.3, 0.4) is 0 Å². The highest BCUT2D eigenvalue weighted by Crippen LogP contribution is 2.33. The van der Waals surface area contributed by atoms with E-state index in [9.17, 15) is 0 Å². The van der Waals surface area contributed by atoms with Gasteiger partial charge >= 0.3 is 0 Å². The minimum absolute atomic E-state index is 0.0287. The molecule has 1 heterocycles. The average Bonchev–Trinajstić information content (AvgIpc) is 3.02. The van der Waals surface area contributed by atoms with E-state index in [2.05, 4.69) is 16.9 Å². The first-order valence-electron chi connectivity index (χ1n) is 7.89. The molecule has 0 amide bonds. The van der Waals surface area contributed by atoms with Gasteiger partial charge in [-0.1, -0.05) is 18.7 Å². The maximum absolute atomic E-state index is 8.84. The first kappa shape index (κ1) is 18.1. The lowest BCUT2D eigenvalue weighted by Gasteiger charge is -2.26. The molecule has 0 saturated heterocycles. The number of aromatic nitrogens is 2. The number of anilines is 3. The van der Waals surface area contributed by atoms with Crippen molar-refractivity contribution in [3.05, 3.63) is 0 Å². The molecule has 0 spiro atoms. The number of nitrogens with two attached hydrogens (primary N) is 3. The van der Waals surface area contributed by atoms with Crippen LogP contribution in [0.2, 0.25) is 0 Å². The monoisotopic (exact) mass is 342 g/mol. The molecule has 130 valence electrons. The second kappa shape index (κ2) is 8.53. The molecule has 0 aliphatic heterocycles. The van der Waals surface area contributed by atoms with Crippen molar-refractivity contribution in [2.24, 2.45) is 5.84 Å². The van der Waals surface area contributed by atoms with Crippen molar-refractivity contribution in [1.29, 1.82) is 0 Å². The zero-order valence-corrected chi connectivity index (χ0v) is 14.3. The number of thioether (sulfide) groups is 1. The van der Waals surface area contributed by atoms with Gasteiger partial charge in [0.25, 0.3) is 0 Å². The van der Waals surface area contributed by atoms with Crippen LogP contribution in [0.1, 0.15) is 32.6 Å². The third-order valence-electron chi connectivity index (χ3n) is 3.81. The molecule has 1 aromatic heterocycles. The molecule has 0 bridgehead atoms. The van der Waals surface area contributed by atoms with Gasteiger partial charge in [0.1, 0.15) is 5.69 Å². The van der Waals surface area contributed by atoms with Gasteiger partial charge in [-0.05, 0) is 25.7 Å². The fourth-order valence-electron chi connectivity index (χ4n) is 2.62. The Kier molecular flexibility index (Phi) is 6.70. The zero-order valence-electron chi connectivity index (χ0n) is 13.4. The van der Waals surface area contributed by atoms with Crippen molar-refractivity contribution in [2.45, 2.75) is 49.9 Å². The van der Waals surface area contributed by atoms with Crippen LogP contribution in [0.4, 0.5) is 17.3 Å². The van der Waals surface area contributed by atoms with Gasteiger partial charge in [0.15, 0.2) is 16.8 Å². The van der Waals surface area contributed by atoms with E-state index in [1.54, 1.807) is 5.01 Å². The van der Waals surface area contributed by atoms with Gasteiger partial charge in [0.2, 0.25) is 0 Å². The van der Waals surface area contributed by atoms with E-state index in [4.69, 9.17) is 27.2 Å². The highest BCUT2D eigenvalue weighted by molar-refractivity contribution is 7.99. The van der Waals surface area contributed by atoms with Crippen molar-refractivity contribution in [3.63, 3.8) is 0 Å². The topological polar surface area (TPSA) is 137 Å². The minimum atomic E-state index is 0.0287. The Labute approximate surface area is 140 Å². The number of hydrogen-bond acceptors (Lipinski definition) is 9. The van der Waals surface area contributed by atoms with Gasteiger partial charge in [-0.2, -0.15) is 0 Å². The maximum Gasteiger partial charge on any atom is 0.191 e. The highest BCUT2D eigenvalue weighted by Gasteiger charge is 2.31. The standard InChI is InChI=1S/C14H26N6O2S/c1-2-7-23-14-18-12(16)11(15)13(19-14)20(17)9-3-4-10(8-9)22-6-5-21/h9-10,21H,2-8,15,17H2,1H3,(H2,16,18,19)/t9?,10-/m1/s1. The third kappa shape index (κ3) is 4.60. The summed E-state index contributed by atoms with van der Waals surface area (Å²) >= 11 is 1.54. The second-order valence-corrected chi connectivity index (χ2v) is 6.63. The molecular weight excluding hydrogens is 316 g/mol. The molecule has 0 radical (unpaired) electrons. The number of aliphatic hydroxyl groups excluding tert-OH is 1. The normalized spacial score (nSPS) is 20.8. The number of hydrogen-bond donors (Lipinski definition) is 4. The van der Waals surface area contributed by atoms with Gasteiger partial charge < -0.3 is 21.3 Å². The van der Waals surface area contributed by atoms with E-state index < -0.39 is 0 Å². The number of aliphatic hydroxyl groups is 1. The molecule has 2 atom stereocenters. The van der Waals surface area contributed by atoms with Crippen LogP contribution in [-0.2, 0) is 4.74 Å². The lowest BCUT2D eigenvalue weighted by molar-refractivity contribution is 0.0322. The molecule has 0 aromatic carbocycles. The molecule has 23 heavy (non-hydrogen) atoms. The Morgan fingerprint density at radius 2 is 2.13 bits per heavy atom. The van der Waals surface area contributed by atoms with Crippen molar-refractivity contribution < 1.29 is 9.84 Å². The van der Waals surface area contributed by atoms with Crippen LogP contribution < -0.4 is 22.3 Å². The van der Waals surface area contributed by atoms with Crippen molar-refractivity contribution in [2.75, 3.05) is 35.4 Å². The Hall–Kier alpha value is -1.29. The summed E-state index contributed by atoms with van der Waals surface area (Å²) in [5, 5.41) is 11.0. The average molecular weight is 342 g/mol. The lowest BCUT2D eigenvalue weighted by Crippen LogP contribution is -2.41. The predicted octanol–water partition coefficient (Wildman–Crippen LogP) is 0.753. The van der Waals surface area contributed by atoms with E-state index >= 15 is 0 Å². The summed E-state index contributed by atoms with van der Waals surface area (Å²) in [4.78, 5) is 8.67. The summed E-state index contributed by atoms with van der Waals surface area (Å²) in [6.07, 6.45) is 3.68. The molecule has 7 N–H and O–H groups in total. The molecule has 2 rings (SSSR count). The molecule has 1 unspecified atom stereocenters. The van der Waals surface area contributed by atoms with Crippen molar-refractivity contribution in [1.82, 2.24) is 9.97 Å². The van der Waals surface area contributed by atoms with Crippen LogP contribution >= 0.6 is 11.8 Å². The summed E-state index contributed by atoms with van der Waals surface area (Å²) < 4.78 is 5.57. The first-order chi connectivity index (χ1) is 11.1. The summed E-state index contributed by atoms with van der Waals surface area (Å²) in [7, 11) is 0. The van der Waals surface area contributed by atoms with Crippen LogP contribution in [0.5, 0.6) is 0 Å². The van der Waals surface area contributed by atoms with E-state index in [0.717, 1.165) is 31.4 Å². The predicted molar refractivity (Wildman–Crippen MR) is 93.0 cm³/mol. The Morgan fingerprint density at radius 3 is 2.83 bits per heavy atom. The SMILES string of the molecule is CCCSc1nc(N)c(N)c(N(N)C2CC[C@@H](OCCO)C2)n1. The number of hydrazine groups is 1. The summed E-state index contributed by atoms with van der Waals surface area (Å²) in [6.45, 7) is 2.47. The Morgan fingerprint density at radius 1 is 1.35 bits per heavy atom. The number of ether oxygens (including phenoxy) is 1. The maximum atomic E-state index is 8.84. The molecule has 1 fully saturated rings. The molecule has 8 nitrogen and oxygen atoms in total. The van der Waals surface area contributed by atoms with Gasteiger partial charge in [-0.3, -0.25) is 5.01 Å². The number of nitrogen functional groups attached to an aromatic ring is 2. The summed E-state index contributed by atoms with van der Waals surface area (Å²) in [5.41, 5.74) is 12.2. The molecule has 1 aliphatic carbocycles. The van der Waals surface area contributed by atoms with Crippen molar-refractivity contribution >= 4 is 29.1 Å². The van der Waals surface area contributed by atoms with Gasteiger partial charge in [0, 0.05) is 11.8 Å². The number of nitrogens with zero attached hydrogens (tertiary/aromatic N) is 3. The quantitative estimate of drug-likeness (QED) is 0.233. The van der Waals surface area contributed by atoms with E-state index in [1.807, 2.05) is 0 Å². The second-order valence-electron chi connectivity index (χ2n) is 5.57. The Bertz CT molecular complexity index is 518. The molecule has 1 aromatic rings. The van der Waals surface area contributed by atoms with Crippen LogP contribution in [0.15, 0.2) is 5.16 Å². The highest BCUT2D eigenvalue weighted by atomic mass is 32.2. The lowest BCUT2D eigenvalue weighted by atomic mass is 10.2. The van der Waals surface area contributed by atoms with Crippen LogP contribution in [0.25, 0.3) is 0 Å². The van der Waals surface area contributed by atoms with Crippen LogP contribution in [-0.4, -0.2) is 46.2 Å². The smallest absolute Gasteiger partial charge is 0.191 e. The fourth-order valence-corrected chi connectivity index (χ4v) is 3.32. The van der Waals surface area contributed by atoms with E-state index in [-0.39, 0.29) is 24.6 Å². The van der Waals surface area contributed by atoms with Crippen molar-refractivity contribution in [3.8, 4) is 0 Å². The molecular formula is C14H26N6O2S. The molecule has 1 saturated carbocycles. The Balaban J connectivity index is 2.09. The van der Waals surface area contributed by atoms with E-state index in [0.29, 0.717) is 23.3 Å². The van der Waals surface area contributed by atoms with Gasteiger partial charge in [-0.25, -0.2) is 15.8 Å². The molecule has 9 heteroatoms. The number of rotatable bonds is 8. The first-order valence-corrected chi connectivity index (χ1v) is 8.87. The summed E-state index contributed by atoms with van der Waals surface area (Å²) in [5.74, 6) is 7.90. The minimum Gasteiger partial charge on any atom is -0.394 e. The van der Waals surface area contributed by atoms with Crippen LogP contribution in [0, 0.1) is 0 Å². The van der Waals surface area contributed by atoms with Gasteiger partial charge in [-0.15, -0.1) is 0 Å². The van der Waals surface area contributed by atoms with E-state index in [1.165, 1.54) is 11.8 Å². The van der Waals surface area contributed by atoms with Gasteiger partial charge in [0.05, 0.1) is 19.3 Å². The fraction of sp³-hybridized carbons (Fsp3) is 0.714. The largest absolute Gasteiger partial charge is 0.394 e. The molecule has 1 aliphatic rings.